The van der Waals surface area contributed by atoms with Gasteiger partial charge >= 0.3 is 0 Å². The number of rotatable bonds is 5. The van der Waals surface area contributed by atoms with Crippen molar-refractivity contribution in [3.05, 3.63) is 76.2 Å². The van der Waals surface area contributed by atoms with Gasteiger partial charge in [0.25, 0.3) is 0 Å². The van der Waals surface area contributed by atoms with Gasteiger partial charge in [0, 0.05) is 30.6 Å². The zero-order valence-electron chi connectivity index (χ0n) is 13.8. The molecule has 26 heavy (non-hydrogen) atoms. The molecule has 0 aliphatic heterocycles. The number of aromatic nitrogens is 3. The summed E-state index contributed by atoms with van der Waals surface area (Å²) < 4.78 is 1.78. The monoisotopic (exact) mass is 386 g/mol. The van der Waals surface area contributed by atoms with Crippen LogP contribution in [0.4, 0.5) is 5.82 Å². The third-order valence-electron chi connectivity index (χ3n) is 4.49. The van der Waals surface area contributed by atoms with Crippen molar-refractivity contribution >= 4 is 34.9 Å². The van der Waals surface area contributed by atoms with E-state index in [-0.39, 0.29) is 17.7 Å². The van der Waals surface area contributed by atoms with E-state index in [0.717, 1.165) is 17.5 Å². The molecule has 7 heteroatoms. The number of carbonyl (C=O) groups is 1. The molecule has 2 heterocycles. The van der Waals surface area contributed by atoms with E-state index >= 15 is 0 Å². The van der Waals surface area contributed by atoms with Crippen LogP contribution in [0, 0.1) is 5.92 Å². The lowest BCUT2D eigenvalue weighted by molar-refractivity contribution is -0.117. The number of hydrogen-bond donors (Lipinski definition) is 1. The van der Waals surface area contributed by atoms with Crippen LogP contribution in [0.1, 0.15) is 23.5 Å². The third kappa shape index (κ3) is 3.59. The van der Waals surface area contributed by atoms with Crippen molar-refractivity contribution in [3.8, 4) is 0 Å². The van der Waals surface area contributed by atoms with Gasteiger partial charge in [-0.2, -0.15) is 5.10 Å². The van der Waals surface area contributed by atoms with Crippen LogP contribution >= 0.6 is 23.2 Å². The summed E-state index contributed by atoms with van der Waals surface area (Å²) in [5.41, 5.74) is 2.03. The fourth-order valence-electron chi connectivity index (χ4n) is 3.05. The molecule has 5 nitrogen and oxygen atoms in total. The van der Waals surface area contributed by atoms with Gasteiger partial charge in [-0.3, -0.25) is 14.5 Å². The molecule has 1 amide bonds. The molecule has 1 aromatic carbocycles. The average molecular weight is 387 g/mol. The highest BCUT2D eigenvalue weighted by Gasteiger charge is 2.45. The molecule has 0 radical (unpaired) electrons. The Hall–Kier alpha value is -2.37. The van der Waals surface area contributed by atoms with Gasteiger partial charge in [-0.1, -0.05) is 35.3 Å². The van der Waals surface area contributed by atoms with Crippen LogP contribution < -0.4 is 5.32 Å². The maximum Gasteiger partial charge on any atom is 0.229 e. The lowest BCUT2D eigenvalue weighted by Gasteiger charge is -2.05. The van der Waals surface area contributed by atoms with Crippen molar-refractivity contribution in [2.24, 2.45) is 5.92 Å². The summed E-state index contributed by atoms with van der Waals surface area (Å²) in [6, 6.07) is 11.2. The van der Waals surface area contributed by atoms with Crippen molar-refractivity contribution in [3.63, 3.8) is 0 Å². The highest BCUT2D eigenvalue weighted by atomic mass is 35.5. The average Bonchev–Trinajstić information content (AvgIpc) is 3.32. The first-order valence-corrected chi connectivity index (χ1v) is 9.04. The van der Waals surface area contributed by atoms with Gasteiger partial charge in [0.2, 0.25) is 5.91 Å². The number of pyridine rings is 1. The summed E-state index contributed by atoms with van der Waals surface area (Å²) >= 11 is 12.3. The molecule has 1 saturated carbocycles. The number of carbonyl (C=O) groups excluding carboxylic acids is 1. The molecule has 132 valence electrons. The minimum atomic E-state index is -0.101. The van der Waals surface area contributed by atoms with Gasteiger partial charge < -0.3 is 5.32 Å². The van der Waals surface area contributed by atoms with E-state index in [1.54, 1.807) is 29.2 Å². The van der Waals surface area contributed by atoms with Crippen LogP contribution in [0.25, 0.3) is 0 Å². The van der Waals surface area contributed by atoms with Gasteiger partial charge in [-0.05, 0) is 41.7 Å². The number of halogens is 2. The standard InChI is InChI=1S/C19H16Cl2N4O/c20-16-3-1-2-13(18(16)21)14-10-15(14)19(26)23-17-6-9-25(24-17)11-12-4-7-22-8-5-12/h1-9,14-15H,10-11H2,(H,23,24,26). The van der Waals surface area contributed by atoms with E-state index in [0.29, 0.717) is 22.4 Å². The molecule has 0 spiro atoms. The Morgan fingerprint density at radius 2 is 2.00 bits per heavy atom. The minimum Gasteiger partial charge on any atom is -0.309 e. The topological polar surface area (TPSA) is 59.8 Å². The fourth-order valence-corrected chi connectivity index (χ4v) is 3.49. The van der Waals surface area contributed by atoms with Crippen LogP contribution in [-0.4, -0.2) is 20.7 Å². The minimum absolute atomic E-state index is 0.0415. The molecule has 1 fully saturated rings. The molecular formula is C19H16Cl2N4O. The SMILES string of the molecule is O=C(Nc1ccn(Cc2ccncc2)n1)C1CC1c1cccc(Cl)c1Cl. The first-order valence-electron chi connectivity index (χ1n) is 8.29. The third-order valence-corrected chi connectivity index (χ3v) is 5.33. The van der Waals surface area contributed by atoms with E-state index in [1.807, 2.05) is 30.5 Å². The highest BCUT2D eigenvalue weighted by molar-refractivity contribution is 6.42. The quantitative estimate of drug-likeness (QED) is 0.707. The van der Waals surface area contributed by atoms with Gasteiger partial charge in [0.05, 0.1) is 16.6 Å². The molecule has 2 atom stereocenters. The van der Waals surface area contributed by atoms with Crippen LogP contribution in [0.15, 0.2) is 55.0 Å². The Morgan fingerprint density at radius 1 is 1.19 bits per heavy atom. The van der Waals surface area contributed by atoms with Crippen molar-refractivity contribution in [2.45, 2.75) is 18.9 Å². The summed E-state index contributed by atoms with van der Waals surface area (Å²) in [4.78, 5) is 16.5. The van der Waals surface area contributed by atoms with Crippen molar-refractivity contribution in [1.29, 1.82) is 0 Å². The molecule has 1 aliphatic rings. The second-order valence-electron chi connectivity index (χ2n) is 6.34. The molecule has 1 N–H and O–H groups in total. The molecule has 0 bridgehead atoms. The molecule has 4 rings (SSSR count). The predicted octanol–water partition coefficient (Wildman–Crippen LogP) is 4.38. The summed E-state index contributed by atoms with van der Waals surface area (Å²) in [5, 5.41) is 8.34. The summed E-state index contributed by atoms with van der Waals surface area (Å²) in [6.45, 7) is 0.628. The van der Waals surface area contributed by atoms with Crippen LogP contribution in [0.5, 0.6) is 0 Å². The Bertz CT molecular complexity index is 942. The lowest BCUT2D eigenvalue weighted by Crippen LogP contribution is -2.15. The molecule has 3 aromatic rings. The van der Waals surface area contributed by atoms with Crippen LogP contribution in [0.3, 0.4) is 0 Å². The second-order valence-corrected chi connectivity index (χ2v) is 7.12. The van der Waals surface area contributed by atoms with Gasteiger partial charge in [-0.15, -0.1) is 0 Å². The van der Waals surface area contributed by atoms with E-state index < -0.39 is 0 Å². The number of amides is 1. The first kappa shape index (κ1) is 17.1. The number of anilines is 1. The number of benzene rings is 1. The Morgan fingerprint density at radius 3 is 2.81 bits per heavy atom. The summed E-state index contributed by atoms with van der Waals surface area (Å²) in [7, 11) is 0. The lowest BCUT2D eigenvalue weighted by atomic mass is 10.1. The normalized spacial score (nSPS) is 18.5. The van der Waals surface area contributed by atoms with Crippen LogP contribution in [-0.2, 0) is 11.3 Å². The van der Waals surface area contributed by atoms with Crippen molar-refractivity contribution < 1.29 is 4.79 Å². The molecule has 2 unspecified atom stereocenters. The molecule has 1 aliphatic carbocycles. The summed E-state index contributed by atoms with van der Waals surface area (Å²) in [6.07, 6.45) is 6.10. The second kappa shape index (κ2) is 7.09. The number of nitrogens with zero attached hydrogens (tertiary/aromatic N) is 3. The highest BCUT2D eigenvalue weighted by Crippen LogP contribution is 2.51. The smallest absolute Gasteiger partial charge is 0.229 e. The number of hydrogen-bond acceptors (Lipinski definition) is 3. The molecule has 0 saturated heterocycles. The van der Waals surface area contributed by atoms with Crippen molar-refractivity contribution in [2.75, 3.05) is 5.32 Å². The fraction of sp³-hybridized carbons (Fsp3) is 0.211. The summed E-state index contributed by atoms with van der Waals surface area (Å²) in [5.74, 6) is 0.517. The first-order chi connectivity index (χ1) is 12.6. The maximum atomic E-state index is 12.5. The van der Waals surface area contributed by atoms with E-state index in [4.69, 9.17) is 23.2 Å². The Kier molecular flexibility index (Phi) is 4.66. The predicted molar refractivity (Wildman–Crippen MR) is 102 cm³/mol. The van der Waals surface area contributed by atoms with Gasteiger partial charge in [0.15, 0.2) is 5.82 Å². The van der Waals surface area contributed by atoms with E-state index in [9.17, 15) is 4.79 Å². The maximum absolute atomic E-state index is 12.5. The zero-order chi connectivity index (χ0) is 18.1. The van der Waals surface area contributed by atoms with E-state index in [2.05, 4.69) is 15.4 Å². The molecule has 2 aromatic heterocycles. The molecular weight excluding hydrogens is 371 g/mol. The van der Waals surface area contributed by atoms with Crippen LogP contribution in [0.2, 0.25) is 10.0 Å². The number of nitrogens with one attached hydrogen (secondary N) is 1. The Labute approximate surface area is 161 Å². The van der Waals surface area contributed by atoms with Crippen molar-refractivity contribution in [1.82, 2.24) is 14.8 Å². The van der Waals surface area contributed by atoms with Gasteiger partial charge in [-0.25, -0.2) is 0 Å². The van der Waals surface area contributed by atoms with Gasteiger partial charge in [0.1, 0.15) is 0 Å². The Balaban J connectivity index is 1.38. The largest absolute Gasteiger partial charge is 0.309 e. The van der Waals surface area contributed by atoms with E-state index in [1.165, 1.54) is 0 Å². The zero-order valence-corrected chi connectivity index (χ0v) is 15.3.